The Balaban J connectivity index is 2.29. The molecular weight excluding hydrogens is 194 g/mol. The zero-order valence-corrected chi connectivity index (χ0v) is 10.2. The molecule has 3 rings (SSSR count). The van der Waals surface area contributed by atoms with Crippen LogP contribution in [0, 0.1) is 6.92 Å². The van der Waals surface area contributed by atoms with Crippen LogP contribution >= 0.6 is 0 Å². The van der Waals surface area contributed by atoms with Gasteiger partial charge in [-0.2, -0.15) is 0 Å². The van der Waals surface area contributed by atoms with Crippen molar-refractivity contribution in [3.63, 3.8) is 0 Å². The van der Waals surface area contributed by atoms with E-state index < -0.39 is 0 Å². The van der Waals surface area contributed by atoms with Crippen LogP contribution in [-0.4, -0.2) is 6.21 Å². The Bertz CT molecular complexity index is 518. The topological polar surface area (TPSA) is 12.4 Å². The van der Waals surface area contributed by atoms with Gasteiger partial charge in [-0.15, -0.1) is 0 Å². The van der Waals surface area contributed by atoms with Gasteiger partial charge in [-0.3, -0.25) is 4.99 Å². The largest absolute Gasteiger partial charge is 0.261 e. The molecule has 82 valence electrons. The minimum absolute atomic E-state index is 0.177. The number of allylic oxidation sites excluding steroid dienone is 1. The first kappa shape index (κ1) is 9.83. The van der Waals surface area contributed by atoms with Crippen molar-refractivity contribution in [3.8, 4) is 0 Å². The fourth-order valence-electron chi connectivity index (χ4n) is 2.96. The lowest BCUT2D eigenvalue weighted by Crippen LogP contribution is -2.17. The van der Waals surface area contributed by atoms with Gasteiger partial charge in [0, 0.05) is 17.2 Å². The lowest BCUT2D eigenvalue weighted by atomic mass is 9.79. The van der Waals surface area contributed by atoms with E-state index in [4.69, 9.17) is 0 Å². The van der Waals surface area contributed by atoms with Crippen molar-refractivity contribution < 1.29 is 0 Å². The summed E-state index contributed by atoms with van der Waals surface area (Å²) in [7, 11) is 0. The summed E-state index contributed by atoms with van der Waals surface area (Å²) < 4.78 is 0. The van der Waals surface area contributed by atoms with E-state index in [-0.39, 0.29) is 5.41 Å². The monoisotopic (exact) mass is 211 g/mol. The average Bonchev–Trinajstić information content (AvgIpc) is 2.49. The number of rotatable bonds is 0. The number of aryl methyl sites for hydroxylation is 1. The molecule has 0 atom stereocenters. The van der Waals surface area contributed by atoms with Gasteiger partial charge in [-0.25, -0.2) is 0 Å². The maximum atomic E-state index is 4.62. The number of nitrogens with zero attached hydrogens (tertiary/aromatic N) is 1. The van der Waals surface area contributed by atoms with Crippen LogP contribution in [-0.2, 0) is 5.41 Å². The van der Waals surface area contributed by atoms with Gasteiger partial charge in [0.2, 0.25) is 0 Å². The van der Waals surface area contributed by atoms with Gasteiger partial charge in [0.1, 0.15) is 0 Å². The Morgan fingerprint density at radius 1 is 1.25 bits per heavy atom. The molecule has 0 saturated heterocycles. The van der Waals surface area contributed by atoms with E-state index in [9.17, 15) is 0 Å². The van der Waals surface area contributed by atoms with E-state index in [0.717, 1.165) is 6.42 Å². The number of hydrogen-bond donors (Lipinski definition) is 0. The predicted molar refractivity (Wildman–Crippen MR) is 68.9 cm³/mol. The van der Waals surface area contributed by atoms with Crippen LogP contribution in [0.3, 0.4) is 0 Å². The summed E-state index contributed by atoms with van der Waals surface area (Å²) in [5.74, 6) is 0. The van der Waals surface area contributed by atoms with Crippen molar-refractivity contribution in [1.82, 2.24) is 0 Å². The van der Waals surface area contributed by atoms with Crippen LogP contribution in [0.4, 0.5) is 0 Å². The predicted octanol–water partition coefficient (Wildman–Crippen LogP) is 3.86. The Hall–Kier alpha value is -1.37. The fourth-order valence-corrected chi connectivity index (χ4v) is 2.96. The summed E-state index contributed by atoms with van der Waals surface area (Å²) in [6.07, 6.45) is 4.32. The summed E-state index contributed by atoms with van der Waals surface area (Å²) in [5, 5.41) is 0. The molecule has 2 aliphatic rings. The summed E-state index contributed by atoms with van der Waals surface area (Å²) in [6.45, 7) is 6.80. The maximum absolute atomic E-state index is 4.62. The molecule has 1 nitrogen and oxygen atoms in total. The van der Waals surface area contributed by atoms with Crippen molar-refractivity contribution in [3.05, 3.63) is 40.5 Å². The molecule has 0 spiro atoms. The van der Waals surface area contributed by atoms with Crippen LogP contribution < -0.4 is 0 Å². The van der Waals surface area contributed by atoms with Gasteiger partial charge in [-0.1, -0.05) is 31.5 Å². The Labute approximate surface area is 96.9 Å². The van der Waals surface area contributed by atoms with E-state index in [1.165, 1.54) is 34.4 Å². The molecule has 1 aromatic carbocycles. The Morgan fingerprint density at radius 2 is 2.06 bits per heavy atom. The molecule has 1 heterocycles. The lowest BCUT2D eigenvalue weighted by molar-refractivity contribution is 0.610. The highest BCUT2D eigenvalue weighted by atomic mass is 14.8. The first-order chi connectivity index (χ1) is 7.60. The maximum Gasteiger partial charge on any atom is 0.0702 e. The van der Waals surface area contributed by atoms with Crippen molar-refractivity contribution in [2.45, 2.75) is 39.0 Å². The summed E-state index contributed by atoms with van der Waals surface area (Å²) >= 11 is 0. The van der Waals surface area contributed by atoms with Gasteiger partial charge >= 0.3 is 0 Å². The first-order valence-corrected chi connectivity index (χ1v) is 5.98. The van der Waals surface area contributed by atoms with Gasteiger partial charge in [0.15, 0.2) is 0 Å². The molecule has 0 saturated carbocycles. The van der Waals surface area contributed by atoms with Crippen LogP contribution in [0.2, 0.25) is 0 Å². The summed E-state index contributed by atoms with van der Waals surface area (Å²) in [5.41, 5.74) is 7.07. The third-order valence-electron chi connectivity index (χ3n) is 3.89. The quantitative estimate of drug-likeness (QED) is 0.618. The summed E-state index contributed by atoms with van der Waals surface area (Å²) in [4.78, 5) is 4.62. The van der Waals surface area contributed by atoms with Crippen molar-refractivity contribution >= 4 is 11.9 Å². The second kappa shape index (κ2) is 3.07. The van der Waals surface area contributed by atoms with E-state index in [2.05, 4.69) is 50.2 Å². The molecule has 16 heavy (non-hydrogen) atoms. The Kier molecular flexibility index (Phi) is 1.88. The Morgan fingerprint density at radius 3 is 2.88 bits per heavy atom. The smallest absolute Gasteiger partial charge is 0.0702 e. The highest BCUT2D eigenvalue weighted by Gasteiger charge is 2.37. The van der Waals surface area contributed by atoms with Gasteiger partial charge in [0.25, 0.3) is 0 Å². The normalized spacial score (nSPS) is 20.9. The molecule has 0 amide bonds. The number of aliphatic imine (C=N–C) groups is 1. The molecule has 0 fully saturated rings. The second-order valence-electron chi connectivity index (χ2n) is 5.35. The van der Waals surface area contributed by atoms with Crippen molar-refractivity contribution in [2.75, 3.05) is 0 Å². The standard InChI is InChI=1S/C15H17N/c1-10-6-7-12-11(9-10)14-13(15(12,2)3)5-4-8-16-14/h6-9H,4-5H2,1-3H3. The third-order valence-corrected chi connectivity index (χ3v) is 3.89. The van der Waals surface area contributed by atoms with Crippen molar-refractivity contribution in [2.24, 2.45) is 4.99 Å². The molecule has 1 aliphatic heterocycles. The molecule has 0 N–H and O–H groups in total. The van der Waals surface area contributed by atoms with Crippen molar-refractivity contribution in [1.29, 1.82) is 0 Å². The fraction of sp³-hybridized carbons (Fsp3) is 0.400. The molecule has 1 aromatic rings. The minimum Gasteiger partial charge on any atom is -0.261 e. The second-order valence-corrected chi connectivity index (χ2v) is 5.35. The average molecular weight is 211 g/mol. The molecule has 0 bridgehead atoms. The lowest BCUT2D eigenvalue weighted by Gasteiger charge is -2.25. The van der Waals surface area contributed by atoms with E-state index in [1.807, 2.05) is 0 Å². The zero-order valence-electron chi connectivity index (χ0n) is 10.2. The molecular formula is C15H17N. The van der Waals surface area contributed by atoms with E-state index in [1.54, 1.807) is 0 Å². The van der Waals surface area contributed by atoms with Crippen LogP contribution in [0.5, 0.6) is 0 Å². The highest BCUT2D eigenvalue weighted by Crippen LogP contribution is 2.49. The van der Waals surface area contributed by atoms with Gasteiger partial charge in [-0.05, 0) is 37.0 Å². The molecule has 1 aliphatic carbocycles. The SMILES string of the molecule is Cc1ccc2c(c1)C1=C(CCC=N1)C2(C)C. The van der Waals surface area contributed by atoms with Crippen LogP contribution in [0.25, 0.3) is 5.70 Å². The number of benzene rings is 1. The first-order valence-electron chi connectivity index (χ1n) is 5.98. The van der Waals surface area contributed by atoms with Crippen LogP contribution in [0.1, 0.15) is 43.4 Å². The van der Waals surface area contributed by atoms with E-state index >= 15 is 0 Å². The highest BCUT2D eigenvalue weighted by molar-refractivity contribution is 5.86. The van der Waals surface area contributed by atoms with Crippen LogP contribution in [0.15, 0.2) is 28.8 Å². The molecule has 0 aromatic heterocycles. The zero-order chi connectivity index (χ0) is 11.3. The van der Waals surface area contributed by atoms with E-state index in [0.29, 0.717) is 0 Å². The molecule has 1 heteroatoms. The number of fused-ring (bicyclic) bond motifs is 2. The summed E-state index contributed by atoms with van der Waals surface area (Å²) in [6, 6.07) is 6.77. The van der Waals surface area contributed by atoms with Gasteiger partial charge in [0.05, 0.1) is 5.70 Å². The third kappa shape index (κ3) is 1.14. The van der Waals surface area contributed by atoms with Gasteiger partial charge < -0.3 is 0 Å². The number of hydrogen-bond acceptors (Lipinski definition) is 1. The molecule has 0 unspecified atom stereocenters. The minimum atomic E-state index is 0.177. The molecule has 0 radical (unpaired) electrons.